The van der Waals surface area contributed by atoms with Crippen molar-refractivity contribution < 1.29 is 26.6 Å². The third-order valence-corrected chi connectivity index (χ3v) is 8.30. The molecule has 1 fully saturated rings. The summed E-state index contributed by atoms with van der Waals surface area (Å²) in [6, 6.07) is 55.0. The van der Waals surface area contributed by atoms with Gasteiger partial charge in [0.1, 0.15) is 0 Å². The fraction of sp³-hybridized carbons (Fsp3) is 0.116. The van der Waals surface area contributed by atoms with E-state index in [9.17, 15) is 10.1 Å². The first-order chi connectivity index (χ1) is 23.2. The van der Waals surface area contributed by atoms with Gasteiger partial charge in [-0.2, -0.15) is 36.4 Å². The van der Waals surface area contributed by atoms with Crippen LogP contribution in [0.2, 0.25) is 0 Å². The van der Waals surface area contributed by atoms with Crippen molar-refractivity contribution in [1.82, 2.24) is 0 Å². The van der Waals surface area contributed by atoms with Gasteiger partial charge in [0.05, 0.1) is 10.5 Å². The number of benzene rings is 7. The smallest absolute Gasteiger partial charge is 1.00 e. The van der Waals surface area contributed by atoms with Crippen LogP contribution in [0.5, 0.6) is 0 Å². The molecule has 0 amide bonds. The number of nitro groups is 1. The van der Waals surface area contributed by atoms with E-state index in [1.165, 1.54) is 51.9 Å². The molecule has 0 bridgehead atoms. The Morgan fingerprint density at radius 2 is 1.12 bits per heavy atom. The molecule has 0 atom stereocenters. The van der Waals surface area contributed by atoms with Crippen molar-refractivity contribution in [2.24, 2.45) is 0 Å². The third-order valence-electron chi connectivity index (χ3n) is 8.30. The second kappa shape index (κ2) is 19.0. The molecular formula is C43H36BrMgNO3. The zero-order chi connectivity index (χ0) is 32.3. The van der Waals surface area contributed by atoms with Crippen LogP contribution in [-0.4, -0.2) is 41.2 Å². The minimum atomic E-state index is -0.336. The van der Waals surface area contributed by atoms with Crippen molar-refractivity contribution in [2.75, 3.05) is 13.2 Å². The predicted molar refractivity (Wildman–Crippen MR) is 199 cm³/mol. The van der Waals surface area contributed by atoms with Gasteiger partial charge in [-0.15, -0.1) is 0 Å². The summed E-state index contributed by atoms with van der Waals surface area (Å²) < 4.78 is 4.94. The van der Waals surface area contributed by atoms with Crippen LogP contribution in [0.3, 0.4) is 0 Å². The molecule has 9 rings (SSSR count). The Hall–Kier alpha value is -4.33. The van der Waals surface area contributed by atoms with Crippen LogP contribution in [0.1, 0.15) is 24.0 Å². The van der Waals surface area contributed by atoms with Gasteiger partial charge in [0.25, 0.3) is 5.69 Å². The average molecular weight is 719 g/mol. The van der Waals surface area contributed by atoms with Crippen molar-refractivity contribution in [1.29, 1.82) is 0 Å². The maximum atomic E-state index is 11.1. The van der Waals surface area contributed by atoms with Crippen molar-refractivity contribution >= 4 is 50.3 Å². The Morgan fingerprint density at radius 3 is 1.76 bits per heavy atom. The standard InChI is InChI=1S/C17H12.C16H11NO2.C6H5.C4H8O.BrH.Mg/c1-3-7-15-12(5-1)9-10-14-11-13-6-2-4-8-16(13)17(14)15;18-17(19)16-11-4-3-9-15(16)14-10-5-7-12-6-1-2-8-13(12)14;1-2-4-6-5-3-1;1-2-4-5-3-1;;/h1-10H,11H2;1-11H;1-5H;1-4H2;1H;/q;;-1;;;+2/p-1. The van der Waals surface area contributed by atoms with Gasteiger partial charge in [0.15, 0.2) is 0 Å². The van der Waals surface area contributed by atoms with E-state index in [4.69, 9.17) is 4.74 Å². The van der Waals surface area contributed by atoms with E-state index in [0.717, 1.165) is 36.0 Å². The molecule has 0 saturated carbocycles. The van der Waals surface area contributed by atoms with Crippen LogP contribution in [0.25, 0.3) is 43.8 Å². The number of para-hydroxylation sites is 1. The maximum absolute atomic E-state index is 11.1. The Balaban J connectivity index is 0.000000164. The molecule has 1 aliphatic carbocycles. The molecule has 240 valence electrons. The first kappa shape index (κ1) is 37.5. The van der Waals surface area contributed by atoms with E-state index in [-0.39, 0.29) is 50.6 Å². The Morgan fingerprint density at radius 1 is 0.551 bits per heavy atom. The topological polar surface area (TPSA) is 52.4 Å². The summed E-state index contributed by atoms with van der Waals surface area (Å²) in [5.74, 6) is 0. The molecule has 0 radical (unpaired) electrons. The SMILES string of the molecule is C1CCOC1.O=[N+]([O-])c1ccccc1-c1cccc2ccccc12.[Br-].[Mg+2].[c-]1ccccc1.c1ccc2c(c1)Cc1ccc3ccccc3c1-2. The fourth-order valence-corrected chi connectivity index (χ4v) is 6.08. The molecule has 2 aliphatic rings. The summed E-state index contributed by atoms with van der Waals surface area (Å²) in [7, 11) is 0. The summed E-state index contributed by atoms with van der Waals surface area (Å²) in [5, 5.41) is 16.0. The minimum Gasteiger partial charge on any atom is -1.00 e. The first-order valence-corrected chi connectivity index (χ1v) is 16.0. The molecule has 1 saturated heterocycles. The number of hydrogen-bond acceptors (Lipinski definition) is 3. The Bertz CT molecular complexity index is 2060. The summed E-state index contributed by atoms with van der Waals surface area (Å²) in [6.07, 6.45) is 3.64. The first-order valence-electron chi connectivity index (χ1n) is 16.0. The number of nitrogens with zero attached hydrogens (tertiary/aromatic N) is 1. The van der Waals surface area contributed by atoms with E-state index >= 15 is 0 Å². The van der Waals surface area contributed by atoms with Crippen LogP contribution in [0.15, 0.2) is 158 Å². The zero-order valence-electron chi connectivity index (χ0n) is 27.3. The summed E-state index contributed by atoms with van der Waals surface area (Å²) in [4.78, 5) is 10.8. The number of hydrogen-bond donors (Lipinski definition) is 0. The molecule has 7 aromatic carbocycles. The van der Waals surface area contributed by atoms with Crippen LogP contribution >= 0.6 is 0 Å². The molecule has 0 spiro atoms. The van der Waals surface area contributed by atoms with E-state index in [0.29, 0.717) is 5.56 Å². The maximum Gasteiger partial charge on any atom is 2.00 e. The predicted octanol–water partition coefficient (Wildman–Crippen LogP) is 7.73. The fourth-order valence-electron chi connectivity index (χ4n) is 6.08. The number of ether oxygens (including phenoxy) is 1. The van der Waals surface area contributed by atoms with Crippen LogP contribution < -0.4 is 17.0 Å². The van der Waals surface area contributed by atoms with Crippen molar-refractivity contribution in [3.8, 4) is 22.3 Å². The molecule has 1 aliphatic heterocycles. The second-order valence-electron chi connectivity index (χ2n) is 11.4. The van der Waals surface area contributed by atoms with Gasteiger partial charge in [-0.1, -0.05) is 115 Å². The molecule has 4 nitrogen and oxygen atoms in total. The van der Waals surface area contributed by atoms with Crippen LogP contribution in [0, 0.1) is 16.2 Å². The van der Waals surface area contributed by atoms with Gasteiger partial charge in [-0.25, -0.2) is 0 Å². The number of nitro benzene ring substituents is 1. The van der Waals surface area contributed by atoms with Crippen molar-refractivity contribution in [3.05, 3.63) is 185 Å². The summed E-state index contributed by atoms with van der Waals surface area (Å²) in [5.41, 5.74) is 7.47. The minimum absolute atomic E-state index is 0. The number of halogens is 1. The number of fused-ring (bicyclic) bond motifs is 6. The van der Waals surface area contributed by atoms with Gasteiger partial charge < -0.3 is 21.7 Å². The summed E-state index contributed by atoms with van der Waals surface area (Å²) in [6.45, 7) is 2.00. The van der Waals surface area contributed by atoms with Gasteiger partial charge >= 0.3 is 23.1 Å². The van der Waals surface area contributed by atoms with Gasteiger partial charge in [-0.3, -0.25) is 10.1 Å². The molecule has 49 heavy (non-hydrogen) atoms. The van der Waals surface area contributed by atoms with Gasteiger partial charge in [-0.05, 0) is 74.7 Å². The second-order valence-corrected chi connectivity index (χ2v) is 11.4. The van der Waals surface area contributed by atoms with E-state index < -0.39 is 0 Å². The van der Waals surface area contributed by atoms with E-state index in [1.807, 2.05) is 78.9 Å². The largest absolute Gasteiger partial charge is 2.00 e. The average Bonchev–Trinajstić information content (AvgIpc) is 3.85. The van der Waals surface area contributed by atoms with Gasteiger partial charge in [0.2, 0.25) is 0 Å². The Kier molecular flexibility index (Phi) is 14.5. The molecule has 0 aromatic heterocycles. The molecule has 6 heteroatoms. The quantitative estimate of drug-likeness (QED) is 0.0796. The normalized spacial score (nSPS) is 11.8. The molecule has 0 N–H and O–H groups in total. The third kappa shape index (κ3) is 9.43. The summed E-state index contributed by atoms with van der Waals surface area (Å²) >= 11 is 0. The molecule has 7 aromatic rings. The van der Waals surface area contributed by atoms with Crippen LogP contribution in [0.4, 0.5) is 5.69 Å². The number of rotatable bonds is 2. The van der Waals surface area contributed by atoms with Crippen molar-refractivity contribution in [2.45, 2.75) is 19.3 Å². The van der Waals surface area contributed by atoms with Gasteiger partial charge in [0, 0.05) is 19.3 Å². The molecular weight excluding hydrogens is 683 g/mol. The monoisotopic (exact) mass is 717 g/mol. The molecule has 0 unspecified atom stereocenters. The van der Waals surface area contributed by atoms with E-state index in [2.05, 4.69) is 66.7 Å². The van der Waals surface area contributed by atoms with Crippen molar-refractivity contribution in [3.63, 3.8) is 0 Å². The Labute approximate surface area is 314 Å². The zero-order valence-corrected chi connectivity index (χ0v) is 30.3. The molecule has 1 heterocycles. The van der Waals surface area contributed by atoms with Crippen LogP contribution in [-0.2, 0) is 11.2 Å². The van der Waals surface area contributed by atoms with E-state index in [1.54, 1.807) is 12.1 Å².